The minimum absolute atomic E-state index is 0.645. The first-order valence-electron chi connectivity index (χ1n) is 5.41. The highest BCUT2D eigenvalue weighted by molar-refractivity contribution is 5.34. The Labute approximate surface area is 83.9 Å². The van der Waals surface area contributed by atoms with Gasteiger partial charge in [-0.25, -0.2) is 0 Å². The number of anilines is 1. The quantitative estimate of drug-likeness (QED) is 0.775. The summed E-state index contributed by atoms with van der Waals surface area (Å²) in [5.41, 5.74) is 0.736. The van der Waals surface area contributed by atoms with Crippen molar-refractivity contribution in [1.29, 1.82) is 0 Å². The van der Waals surface area contributed by atoms with Crippen LogP contribution in [0.3, 0.4) is 0 Å². The van der Waals surface area contributed by atoms with Crippen molar-refractivity contribution < 1.29 is 0 Å². The van der Waals surface area contributed by atoms with Crippen LogP contribution in [0.5, 0.6) is 0 Å². The maximum absolute atomic E-state index is 4.03. The second-order valence-electron chi connectivity index (χ2n) is 4.71. The molecule has 1 aromatic rings. The van der Waals surface area contributed by atoms with E-state index >= 15 is 0 Å². The smallest absolute Gasteiger partial charge is 0.148 e. The van der Waals surface area contributed by atoms with Gasteiger partial charge in [0.2, 0.25) is 0 Å². The second-order valence-corrected chi connectivity index (χ2v) is 4.71. The van der Waals surface area contributed by atoms with Crippen molar-refractivity contribution in [3.63, 3.8) is 0 Å². The van der Waals surface area contributed by atoms with Gasteiger partial charge in [-0.15, -0.1) is 5.10 Å². The Kier molecular flexibility index (Phi) is 1.72. The average Bonchev–Trinajstić information content (AvgIpc) is 2.09. The lowest BCUT2D eigenvalue weighted by molar-refractivity contribution is 0.0191. The molecule has 1 N–H and O–H groups in total. The molecule has 3 nitrogen and oxygen atoms in total. The molecule has 14 heavy (non-hydrogen) atoms. The number of aromatic nitrogens is 2. The van der Waals surface area contributed by atoms with Gasteiger partial charge in [0.05, 0.1) is 0 Å². The number of rotatable bonds is 2. The number of hydrogen-bond donors (Lipinski definition) is 1. The van der Waals surface area contributed by atoms with Crippen LogP contribution in [0.4, 0.5) is 5.82 Å². The fraction of sp³-hybridized carbons (Fsp3) is 0.636. The summed E-state index contributed by atoms with van der Waals surface area (Å²) in [5.74, 6) is 0.923. The van der Waals surface area contributed by atoms with Gasteiger partial charge < -0.3 is 5.32 Å². The van der Waals surface area contributed by atoms with E-state index in [0.717, 1.165) is 11.2 Å². The van der Waals surface area contributed by atoms with Gasteiger partial charge in [0.1, 0.15) is 5.82 Å². The van der Waals surface area contributed by atoms with E-state index in [2.05, 4.69) is 15.5 Å². The first-order valence-corrected chi connectivity index (χ1v) is 5.41. The molecule has 3 rings (SSSR count). The fourth-order valence-corrected chi connectivity index (χ4v) is 2.76. The van der Waals surface area contributed by atoms with Gasteiger partial charge in [-0.1, -0.05) is 6.42 Å². The zero-order valence-corrected chi connectivity index (χ0v) is 8.24. The normalized spacial score (nSPS) is 24.0. The van der Waals surface area contributed by atoms with Crippen molar-refractivity contribution in [2.45, 2.75) is 38.1 Å². The van der Waals surface area contributed by atoms with E-state index in [9.17, 15) is 0 Å². The molecule has 0 amide bonds. The van der Waals surface area contributed by atoms with Crippen molar-refractivity contribution in [2.24, 2.45) is 5.41 Å². The van der Waals surface area contributed by atoms with Crippen LogP contribution in [0.15, 0.2) is 18.3 Å². The van der Waals surface area contributed by atoms with Gasteiger partial charge in [-0.2, -0.15) is 5.10 Å². The van der Waals surface area contributed by atoms with Crippen molar-refractivity contribution in [3.05, 3.63) is 18.3 Å². The van der Waals surface area contributed by atoms with Gasteiger partial charge in [0, 0.05) is 12.2 Å². The Bertz CT molecular complexity index is 311. The summed E-state index contributed by atoms with van der Waals surface area (Å²) in [7, 11) is 0. The SMILES string of the molecule is c1cnnc(NC2CC3(CCC3)C2)c1. The van der Waals surface area contributed by atoms with Crippen LogP contribution in [0.1, 0.15) is 32.1 Å². The number of hydrogen-bond acceptors (Lipinski definition) is 3. The Hall–Kier alpha value is -1.12. The Balaban J connectivity index is 1.56. The van der Waals surface area contributed by atoms with E-state index in [0.29, 0.717) is 6.04 Å². The molecule has 0 aliphatic heterocycles. The highest BCUT2D eigenvalue weighted by Gasteiger charge is 2.48. The lowest BCUT2D eigenvalue weighted by atomic mass is 9.54. The maximum Gasteiger partial charge on any atom is 0.148 e. The third-order valence-corrected chi connectivity index (χ3v) is 3.70. The number of nitrogens with one attached hydrogen (secondary N) is 1. The molecule has 0 aromatic carbocycles. The van der Waals surface area contributed by atoms with Crippen LogP contribution in [0.2, 0.25) is 0 Å². The minimum atomic E-state index is 0.645. The summed E-state index contributed by atoms with van der Waals surface area (Å²) < 4.78 is 0. The predicted molar refractivity (Wildman–Crippen MR) is 55.0 cm³/mol. The Morgan fingerprint density at radius 1 is 1.36 bits per heavy atom. The van der Waals surface area contributed by atoms with E-state index in [1.54, 1.807) is 6.20 Å². The van der Waals surface area contributed by atoms with Gasteiger partial charge in [-0.05, 0) is 43.2 Å². The predicted octanol–water partition coefficient (Wildman–Crippen LogP) is 2.22. The van der Waals surface area contributed by atoms with E-state index in [-0.39, 0.29) is 0 Å². The molecule has 74 valence electrons. The summed E-state index contributed by atoms with van der Waals surface area (Å²) in [6.07, 6.45) is 8.72. The fourth-order valence-electron chi connectivity index (χ4n) is 2.76. The van der Waals surface area contributed by atoms with Gasteiger partial charge in [0.25, 0.3) is 0 Å². The van der Waals surface area contributed by atoms with Crippen LogP contribution in [0.25, 0.3) is 0 Å². The average molecular weight is 189 g/mol. The first-order chi connectivity index (χ1) is 6.86. The Morgan fingerprint density at radius 3 is 2.79 bits per heavy atom. The molecular formula is C11H15N3. The topological polar surface area (TPSA) is 37.8 Å². The molecule has 0 radical (unpaired) electrons. The highest BCUT2D eigenvalue weighted by Crippen LogP contribution is 2.56. The van der Waals surface area contributed by atoms with Gasteiger partial charge in [-0.3, -0.25) is 0 Å². The summed E-state index contributed by atoms with van der Waals surface area (Å²) >= 11 is 0. The maximum atomic E-state index is 4.03. The van der Waals surface area contributed by atoms with E-state index in [4.69, 9.17) is 0 Å². The molecule has 0 atom stereocenters. The van der Waals surface area contributed by atoms with Crippen LogP contribution in [0, 0.1) is 5.41 Å². The highest BCUT2D eigenvalue weighted by atomic mass is 15.2. The lowest BCUT2D eigenvalue weighted by Crippen LogP contribution is -2.49. The summed E-state index contributed by atoms with van der Waals surface area (Å²) in [6, 6.07) is 4.55. The standard InChI is InChI=1S/C11H15N3/c1-3-10(14-12-6-1)13-9-7-11(8-9)4-2-5-11/h1,3,6,9H,2,4-5,7-8H2,(H,13,14). The molecule has 0 unspecified atom stereocenters. The lowest BCUT2D eigenvalue weighted by Gasteiger charge is -2.54. The molecule has 1 spiro atoms. The van der Waals surface area contributed by atoms with E-state index in [1.807, 2.05) is 12.1 Å². The molecular weight excluding hydrogens is 174 g/mol. The second kappa shape index (κ2) is 2.94. The third-order valence-electron chi connectivity index (χ3n) is 3.70. The zero-order chi connectivity index (χ0) is 9.43. The van der Waals surface area contributed by atoms with Gasteiger partial charge >= 0.3 is 0 Å². The number of nitrogens with zero attached hydrogens (tertiary/aromatic N) is 2. The first kappa shape index (κ1) is 8.21. The molecule has 0 saturated heterocycles. The van der Waals surface area contributed by atoms with Crippen LogP contribution < -0.4 is 5.32 Å². The van der Waals surface area contributed by atoms with Crippen molar-refractivity contribution in [2.75, 3.05) is 5.32 Å². The van der Waals surface area contributed by atoms with E-state index < -0.39 is 0 Å². The summed E-state index contributed by atoms with van der Waals surface area (Å²) in [6.45, 7) is 0. The Morgan fingerprint density at radius 2 is 2.21 bits per heavy atom. The summed E-state index contributed by atoms with van der Waals surface area (Å²) in [4.78, 5) is 0. The van der Waals surface area contributed by atoms with Crippen molar-refractivity contribution in [3.8, 4) is 0 Å². The van der Waals surface area contributed by atoms with Crippen LogP contribution in [-0.2, 0) is 0 Å². The molecule has 2 fully saturated rings. The monoisotopic (exact) mass is 189 g/mol. The molecule has 0 bridgehead atoms. The molecule has 2 saturated carbocycles. The zero-order valence-electron chi connectivity index (χ0n) is 8.24. The third kappa shape index (κ3) is 1.27. The van der Waals surface area contributed by atoms with Crippen molar-refractivity contribution >= 4 is 5.82 Å². The molecule has 2 aliphatic rings. The molecule has 1 aromatic heterocycles. The summed E-state index contributed by atoms with van der Waals surface area (Å²) in [5, 5.41) is 11.3. The molecule has 2 aliphatic carbocycles. The van der Waals surface area contributed by atoms with Crippen molar-refractivity contribution in [1.82, 2.24) is 10.2 Å². The minimum Gasteiger partial charge on any atom is -0.366 e. The van der Waals surface area contributed by atoms with Crippen LogP contribution >= 0.6 is 0 Å². The van der Waals surface area contributed by atoms with Gasteiger partial charge in [0.15, 0.2) is 0 Å². The van der Waals surface area contributed by atoms with E-state index in [1.165, 1.54) is 32.1 Å². The molecule has 1 heterocycles. The molecule has 3 heteroatoms. The van der Waals surface area contributed by atoms with Crippen LogP contribution in [-0.4, -0.2) is 16.2 Å². The largest absolute Gasteiger partial charge is 0.366 e.